The van der Waals surface area contributed by atoms with E-state index in [0.717, 1.165) is 29.8 Å². The standard InChI is InChI=1S/C20H19N3O4S/c24-17(21-15-7-6-13-3-1-4-14(13)11-15)12-26-19(25)9-8-18-22-20(23-27-18)16-5-2-10-28-16/h2,5-7,10-11H,1,3-4,8-9,12H2,(H,21,24). The lowest BCUT2D eigenvalue weighted by atomic mass is 10.1. The number of aromatic nitrogens is 2. The van der Waals surface area contributed by atoms with E-state index in [1.165, 1.54) is 22.5 Å². The number of amides is 1. The number of hydrogen-bond donors (Lipinski definition) is 1. The van der Waals surface area contributed by atoms with E-state index in [2.05, 4.69) is 15.5 Å². The van der Waals surface area contributed by atoms with E-state index in [-0.39, 0.29) is 25.4 Å². The number of aryl methyl sites for hydroxylation is 3. The highest BCUT2D eigenvalue weighted by Crippen LogP contribution is 2.25. The Hall–Kier alpha value is -3.00. The van der Waals surface area contributed by atoms with Gasteiger partial charge in [-0.1, -0.05) is 17.3 Å². The number of nitrogens with zero attached hydrogens (tertiary/aromatic N) is 2. The first-order chi connectivity index (χ1) is 13.7. The maximum Gasteiger partial charge on any atom is 0.306 e. The van der Waals surface area contributed by atoms with Crippen LogP contribution in [-0.2, 0) is 33.6 Å². The zero-order valence-corrected chi connectivity index (χ0v) is 16.0. The van der Waals surface area contributed by atoms with Gasteiger partial charge in [-0.3, -0.25) is 9.59 Å². The van der Waals surface area contributed by atoms with E-state index in [9.17, 15) is 9.59 Å². The van der Waals surface area contributed by atoms with Crippen LogP contribution in [0.4, 0.5) is 5.69 Å². The Labute approximate surface area is 165 Å². The van der Waals surface area contributed by atoms with E-state index >= 15 is 0 Å². The van der Waals surface area contributed by atoms with Crippen molar-refractivity contribution in [2.24, 2.45) is 0 Å². The van der Waals surface area contributed by atoms with Crippen molar-refractivity contribution in [3.63, 3.8) is 0 Å². The first kappa shape index (κ1) is 18.4. The van der Waals surface area contributed by atoms with Crippen molar-refractivity contribution < 1.29 is 18.8 Å². The van der Waals surface area contributed by atoms with Crippen LogP contribution >= 0.6 is 11.3 Å². The molecule has 0 unspecified atom stereocenters. The van der Waals surface area contributed by atoms with Crippen LogP contribution in [0, 0.1) is 0 Å². The molecule has 1 N–H and O–H groups in total. The molecule has 1 aliphatic carbocycles. The van der Waals surface area contributed by atoms with Crippen LogP contribution in [0.3, 0.4) is 0 Å². The van der Waals surface area contributed by atoms with Crippen molar-refractivity contribution in [1.82, 2.24) is 10.1 Å². The monoisotopic (exact) mass is 397 g/mol. The van der Waals surface area contributed by atoms with Crippen LogP contribution in [0.1, 0.15) is 29.9 Å². The van der Waals surface area contributed by atoms with E-state index in [4.69, 9.17) is 9.26 Å². The van der Waals surface area contributed by atoms with Gasteiger partial charge in [0, 0.05) is 12.1 Å². The third-order valence-electron chi connectivity index (χ3n) is 4.50. The maximum atomic E-state index is 12.0. The second-order valence-corrected chi connectivity index (χ2v) is 7.48. The molecule has 1 amide bonds. The molecule has 0 spiro atoms. The van der Waals surface area contributed by atoms with Gasteiger partial charge < -0.3 is 14.6 Å². The lowest BCUT2D eigenvalue weighted by Crippen LogP contribution is -2.21. The molecular weight excluding hydrogens is 378 g/mol. The molecular formula is C20H19N3O4S. The Balaban J connectivity index is 1.20. The second-order valence-electron chi connectivity index (χ2n) is 6.53. The number of nitrogens with one attached hydrogen (secondary N) is 1. The third-order valence-corrected chi connectivity index (χ3v) is 5.36. The number of carbonyl (C=O) groups is 2. The van der Waals surface area contributed by atoms with Crippen LogP contribution in [0.2, 0.25) is 0 Å². The average Bonchev–Trinajstić information content (AvgIpc) is 3.45. The summed E-state index contributed by atoms with van der Waals surface area (Å²) < 4.78 is 10.2. The normalized spacial score (nSPS) is 12.6. The summed E-state index contributed by atoms with van der Waals surface area (Å²) in [6, 6.07) is 9.71. The van der Waals surface area contributed by atoms with E-state index in [1.807, 2.05) is 35.7 Å². The van der Waals surface area contributed by atoms with Gasteiger partial charge in [0.15, 0.2) is 6.61 Å². The minimum Gasteiger partial charge on any atom is -0.456 e. The third kappa shape index (κ3) is 4.45. The van der Waals surface area contributed by atoms with Crippen molar-refractivity contribution in [1.29, 1.82) is 0 Å². The average molecular weight is 397 g/mol. The number of rotatable bonds is 7. The van der Waals surface area contributed by atoms with Crippen molar-refractivity contribution in [3.05, 3.63) is 52.7 Å². The van der Waals surface area contributed by atoms with Gasteiger partial charge in [0.05, 0.1) is 11.3 Å². The first-order valence-electron chi connectivity index (χ1n) is 9.11. The van der Waals surface area contributed by atoms with Crippen LogP contribution < -0.4 is 5.32 Å². The van der Waals surface area contributed by atoms with E-state index < -0.39 is 5.97 Å². The van der Waals surface area contributed by atoms with Crippen molar-refractivity contribution in [3.8, 4) is 10.7 Å². The Kier molecular flexibility index (Phi) is 5.48. The predicted molar refractivity (Wildman–Crippen MR) is 104 cm³/mol. The van der Waals surface area contributed by atoms with Gasteiger partial charge in [0.25, 0.3) is 5.91 Å². The van der Waals surface area contributed by atoms with Gasteiger partial charge in [-0.25, -0.2) is 0 Å². The van der Waals surface area contributed by atoms with Crippen LogP contribution in [0.15, 0.2) is 40.2 Å². The Morgan fingerprint density at radius 3 is 2.96 bits per heavy atom. The van der Waals surface area contributed by atoms with Gasteiger partial charge >= 0.3 is 5.97 Å². The Morgan fingerprint density at radius 1 is 1.21 bits per heavy atom. The number of esters is 1. The first-order valence-corrected chi connectivity index (χ1v) is 9.99. The van der Waals surface area contributed by atoms with Crippen LogP contribution in [0.25, 0.3) is 10.7 Å². The van der Waals surface area contributed by atoms with Crippen LogP contribution in [-0.4, -0.2) is 28.6 Å². The van der Waals surface area contributed by atoms with Gasteiger partial charge in [0.2, 0.25) is 11.7 Å². The molecule has 2 aromatic heterocycles. The molecule has 7 nitrogen and oxygen atoms in total. The highest BCUT2D eigenvalue weighted by atomic mass is 32.1. The molecule has 28 heavy (non-hydrogen) atoms. The molecule has 0 aliphatic heterocycles. The molecule has 8 heteroatoms. The minimum absolute atomic E-state index is 0.0677. The van der Waals surface area contributed by atoms with E-state index in [1.54, 1.807) is 0 Å². The fraction of sp³-hybridized carbons (Fsp3) is 0.300. The molecule has 3 aromatic rings. The molecule has 0 bridgehead atoms. The van der Waals surface area contributed by atoms with Crippen molar-refractivity contribution in [2.75, 3.05) is 11.9 Å². The smallest absolute Gasteiger partial charge is 0.306 e. The molecule has 4 rings (SSSR count). The highest BCUT2D eigenvalue weighted by molar-refractivity contribution is 7.13. The van der Waals surface area contributed by atoms with Crippen molar-refractivity contribution >= 4 is 28.9 Å². The maximum absolute atomic E-state index is 12.0. The summed E-state index contributed by atoms with van der Waals surface area (Å²) in [5.41, 5.74) is 3.35. The number of ether oxygens (including phenoxy) is 1. The predicted octanol–water partition coefficient (Wildman–Crippen LogP) is 3.40. The van der Waals surface area contributed by atoms with Crippen LogP contribution in [0.5, 0.6) is 0 Å². The molecule has 0 saturated carbocycles. The van der Waals surface area contributed by atoms with Crippen molar-refractivity contribution in [2.45, 2.75) is 32.1 Å². The molecule has 0 atom stereocenters. The number of benzene rings is 1. The molecule has 0 radical (unpaired) electrons. The summed E-state index contributed by atoms with van der Waals surface area (Å²) in [6.45, 7) is -0.319. The quantitative estimate of drug-likeness (QED) is 0.614. The molecule has 1 aromatic carbocycles. The highest BCUT2D eigenvalue weighted by Gasteiger charge is 2.14. The van der Waals surface area contributed by atoms with E-state index in [0.29, 0.717) is 11.7 Å². The summed E-state index contributed by atoms with van der Waals surface area (Å²) >= 11 is 1.51. The number of fused-ring (bicyclic) bond motifs is 1. The molecule has 144 valence electrons. The molecule has 2 heterocycles. The number of hydrogen-bond acceptors (Lipinski definition) is 7. The van der Waals surface area contributed by atoms with Gasteiger partial charge in [-0.15, -0.1) is 11.3 Å². The second kappa shape index (κ2) is 8.35. The molecule has 0 fully saturated rings. The van der Waals surface area contributed by atoms with Gasteiger partial charge in [0.1, 0.15) is 0 Å². The minimum atomic E-state index is -0.486. The molecule has 0 saturated heterocycles. The summed E-state index contributed by atoms with van der Waals surface area (Å²) in [5, 5.41) is 8.58. The number of carbonyl (C=O) groups excluding carboxylic acids is 2. The fourth-order valence-corrected chi connectivity index (χ4v) is 3.79. The Morgan fingerprint density at radius 2 is 2.11 bits per heavy atom. The lowest BCUT2D eigenvalue weighted by molar-refractivity contribution is -0.147. The SMILES string of the molecule is O=C(COC(=O)CCc1nc(-c2cccs2)no1)Nc1ccc2c(c1)CCC2. The van der Waals surface area contributed by atoms with Gasteiger partial charge in [-0.2, -0.15) is 4.98 Å². The lowest BCUT2D eigenvalue weighted by Gasteiger charge is -2.08. The summed E-state index contributed by atoms with van der Waals surface area (Å²) in [6.07, 6.45) is 3.62. The zero-order valence-electron chi connectivity index (χ0n) is 15.1. The summed E-state index contributed by atoms with van der Waals surface area (Å²) in [5.74, 6) is 0.0269. The number of anilines is 1. The molecule has 1 aliphatic rings. The topological polar surface area (TPSA) is 94.3 Å². The van der Waals surface area contributed by atoms with Gasteiger partial charge in [-0.05, 0) is 54.0 Å². The summed E-state index contributed by atoms with van der Waals surface area (Å²) in [4.78, 5) is 29.0. The zero-order chi connectivity index (χ0) is 19.3. The number of thiophene rings is 1. The fourth-order valence-electron chi connectivity index (χ4n) is 3.14. The Bertz CT molecular complexity index is 981. The largest absolute Gasteiger partial charge is 0.456 e. The summed E-state index contributed by atoms with van der Waals surface area (Å²) in [7, 11) is 0.